The van der Waals surface area contributed by atoms with Gasteiger partial charge in [-0.3, -0.25) is 9.59 Å². The van der Waals surface area contributed by atoms with Gasteiger partial charge in [0.25, 0.3) is 0 Å². The average Bonchev–Trinajstić information content (AvgIpc) is 2.89. The summed E-state index contributed by atoms with van der Waals surface area (Å²) >= 11 is 0. The standard InChI is InChI=1S/C28H30FNO5/c1-18(28(32)35-4)13-20-7-5-19(6-8-20)9-12-26(33-2)21-10-11-23(22(14-21)17-31)24-15-27(34-3)30-16-25(24)29/h5-8,10-11,14-18,26H,9,12-13H2,1-4H3. The Morgan fingerprint density at radius 1 is 1.03 bits per heavy atom. The van der Waals surface area contributed by atoms with E-state index in [0.29, 0.717) is 30.3 Å². The zero-order chi connectivity index (χ0) is 25.4. The molecule has 3 rings (SSSR count). The number of hydrogen-bond donors (Lipinski definition) is 0. The predicted octanol–water partition coefficient (Wildman–Crippen LogP) is 5.38. The molecule has 0 bridgehead atoms. The number of aldehydes is 1. The van der Waals surface area contributed by atoms with Crippen LogP contribution >= 0.6 is 0 Å². The monoisotopic (exact) mass is 479 g/mol. The summed E-state index contributed by atoms with van der Waals surface area (Å²) in [5, 5.41) is 0. The van der Waals surface area contributed by atoms with Gasteiger partial charge >= 0.3 is 5.97 Å². The van der Waals surface area contributed by atoms with Crippen LogP contribution in [0, 0.1) is 11.7 Å². The van der Waals surface area contributed by atoms with Crippen molar-refractivity contribution in [3.05, 3.63) is 82.8 Å². The number of aryl methyl sites for hydroxylation is 1. The minimum atomic E-state index is -0.533. The second-order valence-corrected chi connectivity index (χ2v) is 8.38. The number of pyridine rings is 1. The van der Waals surface area contributed by atoms with Gasteiger partial charge in [-0.15, -0.1) is 0 Å². The van der Waals surface area contributed by atoms with Crippen LogP contribution in [0.25, 0.3) is 11.1 Å². The number of methoxy groups -OCH3 is 3. The van der Waals surface area contributed by atoms with Crippen molar-refractivity contribution in [3.63, 3.8) is 0 Å². The van der Waals surface area contributed by atoms with Gasteiger partial charge in [-0.05, 0) is 47.6 Å². The summed E-state index contributed by atoms with van der Waals surface area (Å²) in [6.45, 7) is 1.85. The Kier molecular flexibility index (Phi) is 9.09. The lowest BCUT2D eigenvalue weighted by atomic mass is 9.94. The molecule has 0 aliphatic heterocycles. The Morgan fingerprint density at radius 2 is 1.74 bits per heavy atom. The lowest BCUT2D eigenvalue weighted by molar-refractivity contribution is -0.144. The first kappa shape index (κ1) is 26.0. The number of nitrogens with zero attached hydrogens (tertiary/aromatic N) is 1. The molecule has 7 heteroatoms. The van der Waals surface area contributed by atoms with E-state index in [9.17, 15) is 14.0 Å². The van der Waals surface area contributed by atoms with E-state index in [2.05, 4.69) is 4.98 Å². The van der Waals surface area contributed by atoms with Gasteiger partial charge in [-0.1, -0.05) is 43.3 Å². The fraction of sp³-hybridized carbons (Fsp3) is 0.321. The molecule has 0 saturated carbocycles. The number of aromatic nitrogens is 1. The highest BCUT2D eigenvalue weighted by molar-refractivity contribution is 5.88. The highest BCUT2D eigenvalue weighted by Gasteiger charge is 2.17. The summed E-state index contributed by atoms with van der Waals surface area (Å²) < 4.78 is 30.0. The van der Waals surface area contributed by atoms with Gasteiger partial charge in [0, 0.05) is 24.3 Å². The molecule has 0 aliphatic rings. The van der Waals surface area contributed by atoms with Gasteiger partial charge in [0.1, 0.15) is 5.82 Å². The molecule has 2 unspecified atom stereocenters. The minimum Gasteiger partial charge on any atom is -0.481 e. The Morgan fingerprint density at radius 3 is 2.37 bits per heavy atom. The van der Waals surface area contributed by atoms with Crippen LogP contribution in [0.4, 0.5) is 4.39 Å². The molecular formula is C28H30FNO5. The number of esters is 1. The first-order valence-corrected chi connectivity index (χ1v) is 11.4. The fourth-order valence-corrected chi connectivity index (χ4v) is 4.06. The zero-order valence-corrected chi connectivity index (χ0v) is 20.4. The number of hydrogen-bond acceptors (Lipinski definition) is 6. The lowest BCUT2D eigenvalue weighted by Crippen LogP contribution is -2.15. The summed E-state index contributed by atoms with van der Waals surface area (Å²) in [4.78, 5) is 27.3. The smallest absolute Gasteiger partial charge is 0.308 e. The van der Waals surface area contributed by atoms with Gasteiger partial charge in [-0.25, -0.2) is 9.37 Å². The van der Waals surface area contributed by atoms with Gasteiger partial charge in [0.15, 0.2) is 6.29 Å². The van der Waals surface area contributed by atoms with E-state index in [1.54, 1.807) is 19.2 Å². The number of carbonyl (C=O) groups excluding carboxylic acids is 2. The van der Waals surface area contributed by atoms with Crippen LogP contribution in [0.1, 0.15) is 46.5 Å². The van der Waals surface area contributed by atoms with E-state index in [-0.39, 0.29) is 29.4 Å². The SMILES string of the molecule is COC(=O)C(C)Cc1ccc(CCC(OC)c2ccc(-c3cc(OC)ncc3F)c(C=O)c2)cc1. The summed E-state index contributed by atoms with van der Waals surface area (Å²) in [6, 6.07) is 14.9. The van der Waals surface area contributed by atoms with Crippen LogP contribution in [0.3, 0.4) is 0 Å². The molecule has 2 aromatic carbocycles. The molecule has 184 valence electrons. The third kappa shape index (κ3) is 6.51. The molecule has 0 saturated heterocycles. The number of carbonyl (C=O) groups is 2. The Labute approximate surface area is 205 Å². The van der Waals surface area contributed by atoms with Crippen molar-refractivity contribution < 1.29 is 28.2 Å². The van der Waals surface area contributed by atoms with Crippen molar-refractivity contribution in [2.45, 2.75) is 32.3 Å². The van der Waals surface area contributed by atoms with Crippen LogP contribution in [0.5, 0.6) is 5.88 Å². The van der Waals surface area contributed by atoms with Crippen molar-refractivity contribution in [1.82, 2.24) is 4.98 Å². The van der Waals surface area contributed by atoms with E-state index >= 15 is 0 Å². The van der Waals surface area contributed by atoms with Crippen molar-refractivity contribution in [2.24, 2.45) is 5.92 Å². The maximum absolute atomic E-state index is 14.4. The second kappa shape index (κ2) is 12.2. The number of ether oxygens (including phenoxy) is 3. The molecule has 0 amide bonds. The molecule has 6 nitrogen and oxygen atoms in total. The summed E-state index contributed by atoms with van der Waals surface area (Å²) in [7, 11) is 4.48. The first-order chi connectivity index (χ1) is 16.9. The zero-order valence-electron chi connectivity index (χ0n) is 20.4. The van der Waals surface area contributed by atoms with Crippen LogP contribution in [-0.4, -0.2) is 38.6 Å². The molecule has 2 atom stereocenters. The highest BCUT2D eigenvalue weighted by Crippen LogP contribution is 2.31. The molecule has 1 aromatic heterocycles. The molecule has 0 N–H and O–H groups in total. The van der Waals surface area contributed by atoms with Crippen molar-refractivity contribution >= 4 is 12.3 Å². The van der Waals surface area contributed by atoms with E-state index in [4.69, 9.17) is 14.2 Å². The third-order valence-electron chi connectivity index (χ3n) is 6.05. The number of halogens is 1. The van der Waals surface area contributed by atoms with Crippen LogP contribution in [0.2, 0.25) is 0 Å². The Bertz CT molecular complexity index is 1160. The predicted molar refractivity (Wildman–Crippen MR) is 131 cm³/mol. The summed E-state index contributed by atoms with van der Waals surface area (Å²) in [6.07, 6.45) is 3.64. The number of rotatable bonds is 11. The van der Waals surface area contributed by atoms with Crippen molar-refractivity contribution in [2.75, 3.05) is 21.3 Å². The summed E-state index contributed by atoms with van der Waals surface area (Å²) in [5.41, 5.74) is 4.12. The maximum Gasteiger partial charge on any atom is 0.308 e. The van der Waals surface area contributed by atoms with Crippen molar-refractivity contribution in [3.8, 4) is 17.0 Å². The Hall–Kier alpha value is -3.58. The maximum atomic E-state index is 14.4. The van der Waals surface area contributed by atoms with Gasteiger partial charge in [-0.2, -0.15) is 0 Å². The molecule has 3 aromatic rings. The van der Waals surface area contributed by atoms with Crippen molar-refractivity contribution in [1.29, 1.82) is 0 Å². The lowest BCUT2D eigenvalue weighted by Gasteiger charge is -2.18. The molecule has 0 spiro atoms. The molecule has 35 heavy (non-hydrogen) atoms. The van der Waals surface area contributed by atoms with E-state index in [0.717, 1.165) is 29.3 Å². The quantitative estimate of drug-likeness (QED) is 0.272. The fourth-order valence-electron chi connectivity index (χ4n) is 4.06. The molecular weight excluding hydrogens is 449 g/mol. The molecule has 0 fully saturated rings. The number of benzene rings is 2. The summed E-state index contributed by atoms with van der Waals surface area (Å²) in [5.74, 6) is -0.679. The highest BCUT2D eigenvalue weighted by atomic mass is 19.1. The normalized spacial score (nSPS) is 12.6. The van der Waals surface area contributed by atoms with E-state index < -0.39 is 5.82 Å². The van der Waals surface area contributed by atoms with Gasteiger partial charge in [0.2, 0.25) is 5.88 Å². The van der Waals surface area contributed by atoms with Crippen LogP contribution in [-0.2, 0) is 27.1 Å². The third-order valence-corrected chi connectivity index (χ3v) is 6.05. The van der Waals surface area contributed by atoms with Crippen LogP contribution in [0.15, 0.2) is 54.7 Å². The topological polar surface area (TPSA) is 74.7 Å². The van der Waals surface area contributed by atoms with E-state index in [1.807, 2.05) is 37.3 Å². The molecule has 1 heterocycles. The minimum absolute atomic E-state index is 0.194. The first-order valence-electron chi connectivity index (χ1n) is 11.4. The van der Waals surface area contributed by atoms with Crippen LogP contribution < -0.4 is 4.74 Å². The van der Waals surface area contributed by atoms with Gasteiger partial charge in [0.05, 0.1) is 32.4 Å². The Balaban J connectivity index is 1.72. The molecule has 0 aliphatic carbocycles. The van der Waals surface area contributed by atoms with Gasteiger partial charge < -0.3 is 14.2 Å². The van der Waals surface area contributed by atoms with E-state index in [1.165, 1.54) is 20.3 Å². The largest absolute Gasteiger partial charge is 0.481 e. The average molecular weight is 480 g/mol. The second-order valence-electron chi connectivity index (χ2n) is 8.38. The molecule has 0 radical (unpaired) electrons.